The average molecular weight is 633 g/mol. The van der Waals surface area contributed by atoms with E-state index >= 15 is 0 Å². The molecular formula is C35H28N4O4S2. The molecule has 8 nitrogen and oxygen atoms in total. The fourth-order valence-electron chi connectivity index (χ4n) is 4.49. The van der Waals surface area contributed by atoms with Crippen molar-refractivity contribution in [2.24, 2.45) is 0 Å². The standard InChI is InChI=1S/C35H28N4O4S2/c1-22-29(21-36)35(45-30(22)33(41)37-25-14-7-4-8-15-25)39-34(42)31(23-11-5-3-6-12-23)44-28-18-10-16-26(20-28)38-32(40)24-13-9-17-27(19-24)43-2/h3-20,31H,1-2H3,(H,37,41)(H,38,40)(H,39,42). The number of nitrogens with one attached hydrogen (secondary N) is 3. The molecule has 1 aromatic heterocycles. The first-order valence-corrected chi connectivity index (χ1v) is 15.5. The van der Waals surface area contributed by atoms with Crippen LogP contribution in [0.4, 0.5) is 16.4 Å². The highest BCUT2D eigenvalue weighted by atomic mass is 32.2. The Hall–Kier alpha value is -5.37. The van der Waals surface area contributed by atoms with Crippen molar-refractivity contribution in [1.29, 1.82) is 5.26 Å². The maximum Gasteiger partial charge on any atom is 0.266 e. The lowest BCUT2D eigenvalue weighted by atomic mass is 10.1. The number of nitrogens with zero attached hydrogens (tertiary/aromatic N) is 1. The van der Waals surface area contributed by atoms with Gasteiger partial charge in [0.25, 0.3) is 11.8 Å². The van der Waals surface area contributed by atoms with Crippen LogP contribution >= 0.6 is 23.1 Å². The van der Waals surface area contributed by atoms with Gasteiger partial charge in [-0.1, -0.05) is 60.7 Å². The van der Waals surface area contributed by atoms with E-state index in [1.807, 2.05) is 54.6 Å². The smallest absolute Gasteiger partial charge is 0.266 e. The summed E-state index contributed by atoms with van der Waals surface area (Å²) in [6.45, 7) is 1.69. The summed E-state index contributed by atoms with van der Waals surface area (Å²) in [5.41, 5.74) is 3.13. The van der Waals surface area contributed by atoms with Gasteiger partial charge in [-0.2, -0.15) is 5.26 Å². The van der Waals surface area contributed by atoms with E-state index in [1.165, 1.54) is 11.8 Å². The van der Waals surface area contributed by atoms with E-state index in [4.69, 9.17) is 4.74 Å². The third-order valence-corrected chi connectivity index (χ3v) is 9.21. The lowest BCUT2D eigenvalue weighted by Crippen LogP contribution is -2.19. The average Bonchev–Trinajstić information content (AvgIpc) is 3.38. The van der Waals surface area contributed by atoms with Crippen molar-refractivity contribution in [3.05, 3.63) is 136 Å². The molecule has 0 aliphatic carbocycles. The quantitative estimate of drug-likeness (QED) is 0.135. The number of hydrogen-bond acceptors (Lipinski definition) is 7. The minimum absolute atomic E-state index is 0.241. The zero-order valence-corrected chi connectivity index (χ0v) is 26.0. The van der Waals surface area contributed by atoms with Crippen molar-refractivity contribution in [2.45, 2.75) is 17.1 Å². The molecule has 0 fully saturated rings. The van der Waals surface area contributed by atoms with Crippen LogP contribution in [-0.2, 0) is 4.79 Å². The highest BCUT2D eigenvalue weighted by molar-refractivity contribution is 8.00. The van der Waals surface area contributed by atoms with Crippen LogP contribution in [0.15, 0.2) is 114 Å². The van der Waals surface area contributed by atoms with Crippen molar-refractivity contribution < 1.29 is 19.1 Å². The predicted molar refractivity (Wildman–Crippen MR) is 179 cm³/mol. The van der Waals surface area contributed by atoms with Gasteiger partial charge in [-0.3, -0.25) is 14.4 Å². The van der Waals surface area contributed by atoms with Gasteiger partial charge < -0.3 is 20.7 Å². The van der Waals surface area contributed by atoms with Crippen molar-refractivity contribution in [1.82, 2.24) is 0 Å². The molecule has 1 unspecified atom stereocenters. The lowest BCUT2D eigenvalue weighted by molar-refractivity contribution is -0.115. The molecule has 5 aromatic rings. The van der Waals surface area contributed by atoms with Crippen LogP contribution < -0.4 is 20.7 Å². The summed E-state index contributed by atoms with van der Waals surface area (Å²) in [5, 5.41) is 18.2. The van der Waals surface area contributed by atoms with E-state index in [0.29, 0.717) is 38.1 Å². The van der Waals surface area contributed by atoms with Gasteiger partial charge in [0.05, 0.1) is 17.6 Å². The number of hydrogen-bond donors (Lipinski definition) is 3. The van der Waals surface area contributed by atoms with Crippen molar-refractivity contribution >= 4 is 57.2 Å². The molecule has 45 heavy (non-hydrogen) atoms. The number of thiophene rings is 1. The highest BCUT2D eigenvalue weighted by Crippen LogP contribution is 2.39. The van der Waals surface area contributed by atoms with Gasteiger partial charge in [-0.05, 0) is 66.6 Å². The Balaban J connectivity index is 1.37. The van der Waals surface area contributed by atoms with Gasteiger partial charge in [-0.25, -0.2) is 0 Å². The second kappa shape index (κ2) is 14.4. The number of benzene rings is 4. The van der Waals surface area contributed by atoms with Gasteiger partial charge in [0.15, 0.2) is 0 Å². The Labute approximate surface area is 269 Å². The van der Waals surface area contributed by atoms with E-state index in [0.717, 1.165) is 21.8 Å². The molecular weight excluding hydrogens is 605 g/mol. The summed E-state index contributed by atoms with van der Waals surface area (Å²) in [6, 6.07) is 34.5. The fraction of sp³-hybridized carbons (Fsp3) is 0.0857. The molecule has 5 rings (SSSR count). The van der Waals surface area contributed by atoms with Crippen LogP contribution in [0.5, 0.6) is 5.75 Å². The Bertz CT molecular complexity index is 1890. The van der Waals surface area contributed by atoms with Crippen LogP contribution in [0.25, 0.3) is 0 Å². The largest absolute Gasteiger partial charge is 0.497 e. The number of para-hydroxylation sites is 1. The van der Waals surface area contributed by atoms with E-state index in [9.17, 15) is 19.6 Å². The number of ether oxygens (including phenoxy) is 1. The third kappa shape index (κ3) is 7.59. The number of rotatable bonds is 10. The summed E-state index contributed by atoms with van der Waals surface area (Å²) in [7, 11) is 1.54. The number of carbonyl (C=O) groups is 3. The first-order valence-electron chi connectivity index (χ1n) is 13.8. The number of nitriles is 1. The number of anilines is 3. The summed E-state index contributed by atoms with van der Waals surface area (Å²) in [5.74, 6) is -0.432. The van der Waals surface area contributed by atoms with Crippen molar-refractivity contribution in [3.63, 3.8) is 0 Å². The zero-order chi connectivity index (χ0) is 31.8. The van der Waals surface area contributed by atoms with Crippen LogP contribution in [-0.4, -0.2) is 24.8 Å². The molecule has 0 saturated carbocycles. The van der Waals surface area contributed by atoms with E-state index < -0.39 is 5.25 Å². The van der Waals surface area contributed by atoms with Crippen LogP contribution in [0, 0.1) is 18.3 Å². The molecule has 0 radical (unpaired) electrons. The Morgan fingerprint density at radius 1 is 0.800 bits per heavy atom. The van der Waals surface area contributed by atoms with E-state index in [2.05, 4.69) is 22.0 Å². The molecule has 0 spiro atoms. The molecule has 0 aliphatic heterocycles. The van der Waals surface area contributed by atoms with Gasteiger partial charge >= 0.3 is 0 Å². The minimum atomic E-state index is -0.703. The molecule has 4 aromatic carbocycles. The van der Waals surface area contributed by atoms with Gasteiger partial charge in [-0.15, -0.1) is 23.1 Å². The molecule has 1 heterocycles. The maximum absolute atomic E-state index is 13.9. The normalized spacial score (nSPS) is 11.1. The Morgan fingerprint density at radius 2 is 1.47 bits per heavy atom. The minimum Gasteiger partial charge on any atom is -0.497 e. The zero-order valence-electron chi connectivity index (χ0n) is 24.4. The molecule has 3 N–H and O–H groups in total. The molecule has 1 atom stereocenters. The number of thioether (sulfide) groups is 1. The maximum atomic E-state index is 13.9. The van der Waals surface area contributed by atoms with Crippen LogP contribution in [0.2, 0.25) is 0 Å². The number of methoxy groups -OCH3 is 1. The van der Waals surface area contributed by atoms with Gasteiger partial charge in [0.1, 0.15) is 22.1 Å². The van der Waals surface area contributed by atoms with Crippen molar-refractivity contribution in [3.8, 4) is 11.8 Å². The highest BCUT2D eigenvalue weighted by Gasteiger charge is 2.27. The molecule has 10 heteroatoms. The molecule has 0 aliphatic rings. The SMILES string of the molecule is COc1cccc(C(=O)Nc2cccc(SC(C(=O)Nc3sc(C(=O)Nc4ccccc4)c(C)c3C#N)c3ccccc3)c2)c1. The first kappa shape index (κ1) is 31.1. The van der Waals surface area contributed by atoms with Crippen LogP contribution in [0.3, 0.4) is 0 Å². The second-order valence-electron chi connectivity index (χ2n) is 9.80. The second-order valence-corrected chi connectivity index (χ2v) is 12.0. The summed E-state index contributed by atoms with van der Waals surface area (Å²) in [6.07, 6.45) is 0. The topological polar surface area (TPSA) is 120 Å². The lowest BCUT2D eigenvalue weighted by Gasteiger charge is -2.17. The van der Waals surface area contributed by atoms with E-state index in [-0.39, 0.29) is 23.3 Å². The number of amides is 3. The van der Waals surface area contributed by atoms with Crippen molar-refractivity contribution in [2.75, 3.05) is 23.1 Å². The van der Waals surface area contributed by atoms with Gasteiger partial charge in [0, 0.05) is 21.8 Å². The third-order valence-electron chi connectivity index (χ3n) is 6.75. The molecule has 0 saturated heterocycles. The molecule has 3 amide bonds. The molecule has 224 valence electrons. The first-order chi connectivity index (χ1) is 21.9. The van der Waals surface area contributed by atoms with E-state index in [1.54, 1.807) is 68.6 Å². The van der Waals surface area contributed by atoms with Gasteiger partial charge in [0.2, 0.25) is 5.91 Å². The monoisotopic (exact) mass is 632 g/mol. The number of carbonyl (C=O) groups excluding carboxylic acids is 3. The predicted octanol–water partition coefficient (Wildman–Crippen LogP) is 7.91. The summed E-state index contributed by atoms with van der Waals surface area (Å²) in [4.78, 5) is 40.9. The summed E-state index contributed by atoms with van der Waals surface area (Å²) < 4.78 is 5.23. The Kier molecular flexibility index (Phi) is 9.94. The Morgan fingerprint density at radius 3 is 2.18 bits per heavy atom. The summed E-state index contributed by atoms with van der Waals surface area (Å²) >= 11 is 2.37. The molecule has 0 bridgehead atoms. The fourth-order valence-corrected chi connectivity index (χ4v) is 6.63. The van der Waals surface area contributed by atoms with Crippen LogP contribution in [0.1, 0.15) is 42.0 Å².